The van der Waals surface area contributed by atoms with Crippen LogP contribution in [0.25, 0.3) is 0 Å². The number of hydrogen-bond donors (Lipinski definition) is 3. The highest BCUT2D eigenvalue weighted by molar-refractivity contribution is 7.99. The van der Waals surface area contributed by atoms with Crippen LogP contribution in [-0.2, 0) is 4.79 Å². The van der Waals surface area contributed by atoms with Crippen molar-refractivity contribution in [3.05, 3.63) is 35.9 Å². The van der Waals surface area contributed by atoms with Crippen LogP contribution in [-0.4, -0.2) is 39.8 Å². The maximum atomic E-state index is 10.4. The highest BCUT2D eigenvalue weighted by Crippen LogP contribution is 2.28. The van der Waals surface area contributed by atoms with Crippen LogP contribution in [0.15, 0.2) is 30.3 Å². The van der Waals surface area contributed by atoms with Crippen molar-refractivity contribution >= 4 is 17.7 Å². The minimum Gasteiger partial charge on any atom is -0.479 e. The molecule has 0 aliphatic rings. The first-order valence-corrected chi connectivity index (χ1v) is 5.88. The molecule has 0 heterocycles. The predicted octanol–water partition coefficient (Wildman–Crippen LogP) is 0.899. The number of rotatable bonds is 6. The first-order chi connectivity index (χ1) is 7.65. The quantitative estimate of drug-likeness (QED) is 0.691. The molecule has 4 nitrogen and oxygen atoms in total. The van der Waals surface area contributed by atoms with Gasteiger partial charge in [-0.2, -0.15) is 0 Å². The van der Waals surface area contributed by atoms with E-state index < -0.39 is 12.1 Å². The molecule has 0 radical (unpaired) electrons. The molecule has 3 N–H and O–H groups in total. The van der Waals surface area contributed by atoms with E-state index in [2.05, 4.69) is 0 Å². The molecule has 88 valence electrons. The molecule has 1 aromatic rings. The second kappa shape index (κ2) is 6.52. The van der Waals surface area contributed by atoms with Gasteiger partial charge in [0.15, 0.2) is 6.10 Å². The third-order valence-corrected chi connectivity index (χ3v) is 3.41. The molecule has 16 heavy (non-hydrogen) atoms. The Morgan fingerprint density at radius 3 is 2.44 bits per heavy atom. The van der Waals surface area contributed by atoms with Crippen molar-refractivity contribution in [2.24, 2.45) is 0 Å². The topological polar surface area (TPSA) is 77.8 Å². The van der Waals surface area contributed by atoms with Gasteiger partial charge in [0.2, 0.25) is 0 Å². The van der Waals surface area contributed by atoms with Crippen LogP contribution in [0.4, 0.5) is 0 Å². The third-order valence-electron chi connectivity index (χ3n) is 2.08. The number of carboxylic acid groups (broad SMARTS) is 1. The Morgan fingerprint density at radius 1 is 1.31 bits per heavy atom. The van der Waals surface area contributed by atoms with Crippen LogP contribution in [0.3, 0.4) is 0 Å². The first kappa shape index (κ1) is 13.0. The van der Waals surface area contributed by atoms with E-state index in [1.54, 1.807) is 0 Å². The van der Waals surface area contributed by atoms with Gasteiger partial charge in [0, 0.05) is 5.75 Å². The minimum absolute atomic E-state index is 0.0649. The van der Waals surface area contributed by atoms with Gasteiger partial charge in [-0.25, -0.2) is 4.79 Å². The van der Waals surface area contributed by atoms with Gasteiger partial charge in [-0.05, 0) is 5.56 Å². The zero-order valence-electron chi connectivity index (χ0n) is 8.61. The van der Waals surface area contributed by atoms with E-state index in [4.69, 9.17) is 10.2 Å². The molecule has 1 rings (SSSR count). The van der Waals surface area contributed by atoms with E-state index >= 15 is 0 Å². The summed E-state index contributed by atoms with van der Waals surface area (Å²) in [6, 6.07) is 9.30. The molecule has 0 aromatic heterocycles. The molecule has 0 spiro atoms. The number of carbonyl (C=O) groups is 1. The Balaban J connectivity index is 2.53. The van der Waals surface area contributed by atoms with Gasteiger partial charge in [-0.1, -0.05) is 30.3 Å². The minimum atomic E-state index is -1.39. The molecule has 0 saturated heterocycles. The summed E-state index contributed by atoms with van der Waals surface area (Å²) in [6.45, 7) is -0.0823. The fourth-order valence-corrected chi connectivity index (χ4v) is 2.21. The lowest BCUT2D eigenvalue weighted by Crippen LogP contribution is -2.22. The molecular weight excluding hydrogens is 228 g/mol. The van der Waals surface area contributed by atoms with Crippen LogP contribution in [0, 0.1) is 0 Å². The zero-order chi connectivity index (χ0) is 12.0. The number of aliphatic hydroxyl groups excluding tert-OH is 2. The van der Waals surface area contributed by atoms with Gasteiger partial charge in [0.1, 0.15) is 0 Å². The van der Waals surface area contributed by atoms with Crippen LogP contribution >= 0.6 is 11.8 Å². The molecule has 1 aromatic carbocycles. The Kier molecular flexibility index (Phi) is 5.31. The monoisotopic (exact) mass is 242 g/mol. The number of thioether (sulfide) groups is 1. The van der Waals surface area contributed by atoms with E-state index in [0.717, 1.165) is 5.56 Å². The SMILES string of the molecule is O=C(O)C(O)CSC(CO)c1ccccc1. The van der Waals surface area contributed by atoms with E-state index in [-0.39, 0.29) is 17.6 Å². The summed E-state index contributed by atoms with van der Waals surface area (Å²) < 4.78 is 0. The van der Waals surface area contributed by atoms with Crippen molar-refractivity contribution in [1.82, 2.24) is 0 Å². The summed E-state index contributed by atoms with van der Waals surface area (Å²) in [6.07, 6.45) is -1.39. The Morgan fingerprint density at radius 2 is 1.94 bits per heavy atom. The molecule has 5 heteroatoms. The standard InChI is InChI=1S/C11H14O4S/c12-6-10(8-4-2-1-3-5-8)16-7-9(13)11(14)15/h1-5,9-10,12-13H,6-7H2,(H,14,15). The van der Waals surface area contributed by atoms with Gasteiger partial charge in [0.25, 0.3) is 0 Å². The second-order valence-corrected chi connectivity index (χ2v) is 4.50. The summed E-state index contributed by atoms with van der Waals surface area (Å²) >= 11 is 1.23. The van der Waals surface area contributed by atoms with Gasteiger partial charge < -0.3 is 15.3 Å². The number of carboxylic acids is 1. The van der Waals surface area contributed by atoms with Crippen LogP contribution in [0.2, 0.25) is 0 Å². The molecule has 2 unspecified atom stereocenters. The zero-order valence-corrected chi connectivity index (χ0v) is 9.43. The second-order valence-electron chi connectivity index (χ2n) is 3.27. The number of aliphatic carboxylic acids is 1. The van der Waals surface area contributed by atoms with Crippen molar-refractivity contribution in [3.63, 3.8) is 0 Å². The maximum Gasteiger partial charge on any atom is 0.333 e. The lowest BCUT2D eigenvalue weighted by Gasteiger charge is -2.15. The maximum absolute atomic E-state index is 10.4. The number of benzene rings is 1. The highest BCUT2D eigenvalue weighted by Gasteiger charge is 2.17. The summed E-state index contributed by atoms with van der Waals surface area (Å²) in [5.74, 6) is -1.17. The average Bonchev–Trinajstić information content (AvgIpc) is 2.30. The van der Waals surface area contributed by atoms with Crippen LogP contribution in [0.5, 0.6) is 0 Å². The van der Waals surface area contributed by atoms with Gasteiger partial charge >= 0.3 is 5.97 Å². The molecule has 0 bridgehead atoms. The van der Waals surface area contributed by atoms with Crippen LogP contribution < -0.4 is 0 Å². The van der Waals surface area contributed by atoms with Crippen molar-refractivity contribution in [3.8, 4) is 0 Å². The summed E-state index contributed by atoms with van der Waals surface area (Å²) in [5.41, 5.74) is 0.924. The number of hydrogen-bond acceptors (Lipinski definition) is 4. The first-order valence-electron chi connectivity index (χ1n) is 4.83. The van der Waals surface area contributed by atoms with Crippen molar-refractivity contribution in [2.45, 2.75) is 11.4 Å². The molecule has 0 aliphatic carbocycles. The normalized spacial score (nSPS) is 14.4. The molecule has 2 atom stereocenters. The largest absolute Gasteiger partial charge is 0.479 e. The lowest BCUT2D eigenvalue weighted by molar-refractivity contribution is -0.145. The number of aliphatic hydroxyl groups is 2. The Labute approximate surface area is 97.9 Å². The van der Waals surface area contributed by atoms with Crippen molar-refractivity contribution in [1.29, 1.82) is 0 Å². The van der Waals surface area contributed by atoms with E-state index in [1.807, 2.05) is 30.3 Å². The smallest absolute Gasteiger partial charge is 0.333 e. The van der Waals surface area contributed by atoms with Crippen molar-refractivity contribution in [2.75, 3.05) is 12.4 Å². The van der Waals surface area contributed by atoms with Gasteiger partial charge in [-0.3, -0.25) is 0 Å². The molecule has 0 aliphatic heterocycles. The van der Waals surface area contributed by atoms with Crippen molar-refractivity contribution < 1.29 is 20.1 Å². The Hall–Kier alpha value is -1.04. The fraction of sp³-hybridized carbons (Fsp3) is 0.364. The fourth-order valence-electron chi connectivity index (χ4n) is 1.20. The van der Waals surface area contributed by atoms with Gasteiger partial charge in [-0.15, -0.1) is 11.8 Å². The summed E-state index contributed by atoms with van der Waals surface area (Å²) in [7, 11) is 0. The van der Waals surface area contributed by atoms with Crippen LogP contribution in [0.1, 0.15) is 10.8 Å². The molecule has 0 amide bonds. The lowest BCUT2D eigenvalue weighted by atomic mass is 10.2. The van der Waals surface area contributed by atoms with E-state index in [0.29, 0.717) is 0 Å². The summed E-state index contributed by atoms with van der Waals surface area (Å²) in [4.78, 5) is 10.4. The highest BCUT2D eigenvalue weighted by atomic mass is 32.2. The third kappa shape index (κ3) is 3.84. The molecule has 0 saturated carbocycles. The summed E-state index contributed by atoms with van der Waals surface area (Å²) in [5, 5.41) is 26.6. The predicted molar refractivity (Wildman–Crippen MR) is 62.4 cm³/mol. The molecule has 0 fully saturated rings. The van der Waals surface area contributed by atoms with E-state index in [9.17, 15) is 9.90 Å². The van der Waals surface area contributed by atoms with Gasteiger partial charge in [0.05, 0.1) is 11.9 Å². The molecular formula is C11H14O4S. The average molecular weight is 242 g/mol. The Bertz CT molecular complexity index is 328. The van der Waals surface area contributed by atoms with E-state index in [1.165, 1.54) is 11.8 Å².